The standard InChI is InChI=1S/C35H39FN2O11/c1-20-15-24(16-21(2)32(20)48-19-45-4)33(40)37-25-17-38(35(42)43)14-6-7-26(25)49-34(41)23-10-8-22(9-11-23)31(39)29-27(47-18-44-3)12-13-28(46-5)30(29)36/h8-13,15-16,25-26H,6-7,14,17-19H2,1-5H3,(H,37,40)(H,42,43)/t25-,26-/m1/s1. The Morgan fingerprint density at radius 2 is 1.49 bits per heavy atom. The fourth-order valence-corrected chi connectivity index (χ4v) is 5.52. The minimum absolute atomic E-state index is 0.0397. The third-order valence-electron chi connectivity index (χ3n) is 7.90. The molecule has 2 N–H and O–H groups in total. The Labute approximate surface area is 282 Å². The second-order valence-electron chi connectivity index (χ2n) is 11.3. The molecule has 0 saturated carbocycles. The zero-order valence-corrected chi connectivity index (χ0v) is 27.9. The van der Waals surface area contributed by atoms with Crippen LogP contribution in [-0.2, 0) is 14.2 Å². The van der Waals surface area contributed by atoms with Crippen molar-refractivity contribution < 1.29 is 57.1 Å². The van der Waals surface area contributed by atoms with Gasteiger partial charge in [0.1, 0.15) is 23.2 Å². The van der Waals surface area contributed by atoms with Crippen LogP contribution in [0.5, 0.6) is 17.2 Å². The molecule has 49 heavy (non-hydrogen) atoms. The Bertz CT molecular complexity index is 1660. The lowest BCUT2D eigenvalue weighted by molar-refractivity contribution is 0.0179. The number of esters is 1. The maximum atomic E-state index is 15.2. The van der Waals surface area contributed by atoms with Crippen molar-refractivity contribution in [3.05, 3.63) is 87.7 Å². The molecule has 1 heterocycles. The molecule has 0 unspecified atom stereocenters. The van der Waals surface area contributed by atoms with Gasteiger partial charge in [0.25, 0.3) is 5.91 Å². The van der Waals surface area contributed by atoms with Crippen molar-refractivity contribution >= 4 is 23.8 Å². The van der Waals surface area contributed by atoms with Crippen LogP contribution in [0.4, 0.5) is 9.18 Å². The van der Waals surface area contributed by atoms with E-state index < -0.39 is 41.7 Å². The van der Waals surface area contributed by atoms with Crippen molar-refractivity contribution in [3.63, 3.8) is 0 Å². The first-order valence-electron chi connectivity index (χ1n) is 15.3. The molecule has 0 radical (unpaired) electrons. The Kier molecular flexibility index (Phi) is 12.5. The molecule has 4 rings (SSSR count). The number of hydrogen-bond donors (Lipinski definition) is 2. The number of nitrogens with one attached hydrogen (secondary N) is 1. The summed E-state index contributed by atoms with van der Waals surface area (Å²) in [7, 11) is 4.15. The largest absolute Gasteiger partial charge is 0.494 e. The van der Waals surface area contributed by atoms with E-state index in [-0.39, 0.29) is 61.3 Å². The molecule has 3 aromatic carbocycles. The number of likely N-dealkylation sites (tertiary alicyclic amines) is 1. The van der Waals surface area contributed by atoms with Gasteiger partial charge >= 0.3 is 12.1 Å². The van der Waals surface area contributed by atoms with Gasteiger partial charge in [0.05, 0.1) is 18.7 Å². The van der Waals surface area contributed by atoms with Crippen molar-refractivity contribution in [1.29, 1.82) is 0 Å². The quantitative estimate of drug-likeness (QED) is 0.146. The molecule has 0 spiro atoms. The summed E-state index contributed by atoms with van der Waals surface area (Å²) >= 11 is 0. The average molecular weight is 683 g/mol. The second kappa shape index (κ2) is 16.8. The summed E-state index contributed by atoms with van der Waals surface area (Å²) in [6, 6.07) is 10.5. The second-order valence-corrected chi connectivity index (χ2v) is 11.3. The van der Waals surface area contributed by atoms with Crippen molar-refractivity contribution in [2.75, 3.05) is 48.0 Å². The van der Waals surface area contributed by atoms with E-state index in [1.165, 1.54) is 62.6 Å². The molecule has 1 fully saturated rings. The highest BCUT2D eigenvalue weighted by Crippen LogP contribution is 2.31. The van der Waals surface area contributed by atoms with Crippen molar-refractivity contribution in [2.24, 2.45) is 0 Å². The van der Waals surface area contributed by atoms with Gasteiger partial charge in [-0.3, -0.25) is 9.59 Å². The number of carboxylic acid groups (broad SMARTS) is 1. The van der Waals surface area contributed by atoms with Crippen LogP contribution in [0.15, 0.2) is 48.5 Å². The van der Waals surface area contributed by atoms with Crippen LogP contribution in [0.25, 0.3) is 0 Å². The number of halogens is 1. The molecular weight excluding hydrogens is 643 g/mol. The van der Waals surface area contributed by atoms with Crippen LogP contribution in [0.1, 0.15) is 60.6 Å². The van der Waals surface area contributed by atoms with Gasteiger partial charge < -0.3 is 43.7 Å². The Hall–Kier alpha value is -5.21. The van der Waals surface area contributed by atoms with Gasteiger partial charge in [0.15, 0.2) is 30.9 Å². The summed E-state index contributed by atoms with van der Waals surface area (Å²) in [6.07, 6.45) is -1.38. The van der Waals surface area contributed by atoms with Crippen molar-refractivity contribution in [3.8, 4) is 17.2 Å². The minimum Gasteiger partial charge on any atom is -0.494 e. The summed E-state index contributed by atoms with van der Waals surface area (Å²) in [5.74, 6) is -2.49. The maximum Gasteiger partial charge on any atom is 0.407 e. The molecule has 0 aromatic heterocycles. The third-order valence-corrected chi connectivity index (χ3v) is 7.90. The number of hydrogen-bond acceptors (Lipinski definition) is 10. The number of carbonyl (C=O) groups is 4. The Morgan fingerprint density at radius 1 is 0.878 bits per heavy atom. The molecule has 1 aliphatic rings. The topological polar surface area (TPSA) is 159 Å². The maximum absolute atomic E-state index is 15.2. The van der Waals surface area contributed by atoms with Gasteiger partial charge in [-0.1, -0.05) is 12.1 Å². The van der Waals surface area contributed by atoms with Crippen LogP contribution in [0.2, 0.25) is 0 Å². The molecule has 2 atom stereocenters. The lowest BCUT2D eigenvalue weighted by atomic mass is 10.00. The fourth-order valence-electron chi connectivity index (χ4n) is 5.52. The number of carbonyl (C=O) groups excluding carboxylic acids is 3. The summed E-state index contributed by atoms with van der Waals surface area (Å²) in [4.78, 5) is 53.2. The first kappa shape index (κ1) is 36.6. The molecule has 262 valence electrons. The molecule has 13 nitrogen and oxygen atoms in total. The summed E-state index contributed by atoms with van der Waals surface area (Å²) in [6.45, 7) is 3.47. The minimum atomic E-state index is -1.17. The van der Waals surface area contributed by atoms with Crippen molar-refractivity contribution in [1.82, 2.24) is 10.2 Å². The highest BCUT2D eigenvalue weighted by molar-refractivity contribution is 6.11. The van der Waals surface area contributed by atoms with E-state index in [0.717, 1.165) is 0 Å². The van der Waals surface area contributed by atoms with Gasteiger partial charge in [0.2, 0.25) is 0 Å². The van der Waals surface area contributed by atoms with E-state index in [2.05, 4.69) is 5.32 Å². The zero-order valence-electron chi connectivity index (χ0n) is 27.9. The molecule has 1 aliphatic heterocycles. The van der Waals surface area contributed by atoms with E-state index in [4.69, 9.17) is 28.4 Å². The van der Waals surface area contributed by atoms with E-state index in [1.54, 1.807) is 26.0 Å². The number of ether oxygens (including phenoxy) is 6. The Balaban J connectivity index is 1.54. The predicted octanol–water partition coefficient (Wildman–Crippen LogP) is 4.75. The van der Waals surface area contributed by atoms with Gasteiger partial charge in [0, 0.05) is 38.4 Å². The predicted molar refractivity (Wildman–Crippen MR) is 173 cm³/mol. The molecule has 14 heteroatoms. The highest BCUT2D eigenvalue weighted by atomic mass is 19.1. The van der Waals surface area contributed by atoms with Crippen LogP contribution in [-0.4, -0.2) is 93.9 Å². The number of amides is 2. The van der Waals surface area contributed by atoms with E-state index >= 15 is 4.39 Å². The number of ketones is 1. The molecule has 0 aliphatic carbocycles. The molecule has 2 amide bonds. The number of benzene rings is 3. The molecule has 0 bridgehead atoms. The van der Waals surface area contributed by atoms with Gasteiger partial charge in [-0.2, -0.15) is 0 Å². The first-order chi connectivity index (χ1) is 23.5. The van der Waals surface area contributed by atoms with Crippen LogP contribution in [0, 0.1) is 19.7 Å². The van der Waals surface area contributed by atoms with E-state index in [1.807, 2.05) is 0 Å². The lowest BCUT2D eigenvalue weighted by Gasteiger charge is -2.28. The van der Waals surface area contributed by atoms with E-state index in [9.17, 15) is 24.3 Å². The fraction of sp³-hybridized carbons (Fsp3) is 0.371. The lowest BCUT2D eigenvalue weighted by Crippen LogP contribution is -2.51. The Morgan fingerprint density at radius 3 is 2.10 bits per heavy atom. The molecular formula is C35H39FN2O11. The van der Waals surface area contributed by atoms with Gasteiger partial charge in [-0.15, -0.1) is 0 Å². The number of methoxy groups -OCH3 is 3. The van der Waals surface area contributed by atoms with Crippen molar-refractivity contribution in [2.45, 2.75) is 38.8 Å². The van der Waals surface area contributed by atoms with Gasteiger partial charge in [-0.05, 0) is 74.2 Å². The third kappa shape index (κ3) is 8.83. The van der Waals surface area contributed by atoms with E-state index in [0.29, 0.717) is 28.9 Å². The summed E-state index contributed by atoms with van der Waals surface area (Å²) in [5, 5.41) is 12.6. The summed E-state index contributed by atoms with van der Waals surface area (Å²) < 4.78 is 46.9. The zero-order chi connectivity index (χ0) is 35.7. The summed E-state index contributed by atoms with van der Waals surface area (Å²) in [5.41, 5.74) is 1.50. The SMILES string of the molecule is COCOc1ccc(OC)c(F)c1C(=O)c1ccc(C(=O)O[C@@H]2CCCN(C(=O)O)C[C@H]2NC(=O)c2cc(C)c(OCOC)c(C)c2)cc1. The first-order valence-corrected chi connectivity index (χ1v) is 15.3. The molecule has 3 aromatic rings. The number of rotatable bonds is 13. The van der Waals surface area contributed by atoms with Crippen LogP contribution >= 0.6 is 0 Å². The van der Waals surface area contributed by atoms with Crippen LogP contribution in [0.3, 0.4) is 0 Å². The smallest absolute Gasteiger partial charge is 0.407 e. The number of aryl methyl sites for hydroxylation is 2. The van der Waals surface area contributed by atoms with Gasteiger partial charge in [-0.25, -0.2) is 14.0 Å². The molecule has 1 saturated heterocycles. The highest BCUT2D eigenvalue weighted by Gasteiger charge is 2.34. The monoisotopic (exact) mass is 682 g/mol. The van der Waals surface area contributed by atoms with Crippen LogP contribution < -0.4 is 19.5 Å². The number of nitrogens with zero attached hydrogens (tertiary/aromatic N) is 1. The normalized spacial score (nSPS) is 15.9. The average Bonchev–Trinajstić information content (AvgIpc) is 3.28.